The first kappa shape index (κ1) is 24.3. The van der Waals surface area contributed by atoms with E-state index in [-0.39, 0.29) is 12.4 Å². The van der Waals surface area contributed by atoms with Gasteiger partial charge in [0.25, 0.3) is 0 Å². The summed E-state index contributed by atoms with van der Waals surface area (Å²) in [6.07, 6.45) is 21.8. The maximum Gasteiger partial charge on any atom is 0.133 e. The van der Waals surface area contributed by atoms with Crippen molar-refractivity contribution in [2.45, 2.75) is 116 Å². The van der Waals surface area contributed by atoms with E-state index >= 15 is 0 Å². The highest BCUT2D eigenvalue weighted by atomic mass is 16.3. The summed E-state index contributed by atoms with van der Waals surface area (Å²) in [5, 5.41) is 17.9. The topological polar surface area (TPSA) is 57.5 Å². The number of hydrogen-bond donors (Lipinski definition) is 2. The summed E-state index contributed by atoms with van der Waals surface area (Å²) in [4.78, 5) is 11.6. The number of aliphatic hydroxyl groups is 2. The summed E-state index contributed by atoms with van der Waals surface area (Å²) in [6, 6.07) is 0. The molecule has 0 radical (unpaired) electrons. The molecule has 2 N–H and O–H groups in total. The van der Waals surface area contributed by atoms with Gasteiger partial charge in [0, 0.05) is 12.8 Å². The fourth-order valence-corrected chi connectivity index (χ4v) is 2.94. The zero-order chi connectivity index (χ0) is 18.6. The molecule has 0 aliphatic carbocycles. The second kappa shape index (κ2) is 19.7. The third-order valence-corrected chi connectivity index (χ3v) is 4.68. The molecule has 0 aromatic carbocycles. The highest BCUT2D eigenvalue weighted by molar-refractivity contribution is 5.78. The molecule has 3 nitrogen and oxygen atoms in total. The Labute approximate surface area is 155 Å². The Morgan fingerprint density at radius 2 is 1.32 bits per heavy atom. The van der Waals surface area contributed by atoms with Crippen LogP contribution in [-0.4, -0.2) is 28.7 Å². The molecule has 0 amide bonds. The van der Waals surface area contributed by atoms with E-state index < -0.39 is 6.10 Å². The minimum atomic E-state index is -0.738. The first-order valence-corrected chi connectivity index (χ1v) is 10.7. The zero-order valence-corrected chi connectivity index (χ0v) is 16.6. The molecule has 0 saturated carbocycles. The van der Waals surface area contributed by atoms with Crippen molar-refractivity contribution in [3.8, 4) is 0 Å². The molecule has 0 rings (SSSR count). The van der Waals surface area contributed by atoms with Crippen LogP contribution in [0.3, 0.4) is 0 Å². The van der Waals surface area contributed by atoms with Crippen LogP contribution in [0, 0.1) is 0 Å². The van der Waals surface area contributed by atoms with Crippen LogP contribution in [0.2, 0.25) is 0 Å². The van der Waals surface area contributed by atoms with Crippen LogP contribution in [0.5, 0.6) is 0 Å². The molecule has 0 aliphatic rings. The Morgan fingerprint density at radius 1 is 0.800 bits per heavy atom. The molecule has 0 heterocycles. The minimum absolute atomic E-state index is 0.213. The van der Waals surface area contributed by atoms with E-state index in [4.69, 9.17) is 5.11 Å². The van der Waals surface area contributed by atoms with E-state index in [0.717, 1.165) is 12.8 Å². The summed E-state index contributed by atoms with van der Waals surface area (Å²) in [7, 11) is 0. The standard InChI is InChI=1S/C22H42O3/c1-2-3-4-5-6-7-8-9-10-11-12-13-14-15-16-17-21(24)18-19-22(25)20-23/h9-10,22-23,25H,2-8,11-20H2,1H3/b10-9-. The van der Waals surface area contributed by atoms with Gasteiger partial charge in [0.05, 0.1) is 12.7 Å². The highest BCUT2D eigenvalue weighted by Gasteiger charge is 2.06. The van der Waals surface area contributed by atoms with Gasteiger partial charge in [-0.25, -0.2) is 0 Å². The molecule has 0 aromatic heterocycles. The van der Waals surface area contributed by atoms with Crippen molar-refractivity contribution in [1.29, 1.82) is 0 Å². The van der Waals surface area contributed by atoms with Crippen molar-refractivity contribution in [3.63, 3.8) is 0 Å². The van der Waals surface area contributed by atoms with Crippen molar-refractivity contribution in [3.05, 3.63) is 12.2 Å². The maximum absolute atomic E-state index is 11.6. The molecule has 148 valence electrons. The lowest BCUT2D eigenvalue weighted by Gasteiger charge is -2.05. The Bertz CT molecular complexity index is 312. The molecule has 1 atom stereocenters. The lowest BCUT2D eigenvalue weighted by molar-refractivity contribution is -0.119. The second-order valence-electron chi connectivity index (χ2n) is 7.25. The number of unbranched alkanes of at least 4 members (excludes halogenated alkanes) is 11. The second-order valence-corrected chi connectivity index (χ2v) is 7.25. The van der Waals surface area contributed by atoms with Gasteiger partial charge >= 0.3 is 0 Å². The predicted molar refractivity (Wildman–Crippen MR) is 107 cm³/mol. The van der Waals surface area contributed by atoms with E-state index in [1.165, 1.54) is 70.6 Å². The van der Waals surface area contributed by atoms with Crippen LogP contribution in [-0.2, 0) is 4.79 Å². The fourth-order valence-electron chi connectivity index (χ4n) is 2.94. The van der Waals surface area contributed by atoms with Gasteiger partial charge in [-0.2, -0.15) is 0 Å². The van der Waals surface area contributed by atoms with Gasteiger partial charge < -0.3 is 10.2 Å². The van der Waals surface area contributed by atoms with E-state index in [9.17, 15) is 9.90 Å². The van der Waals surface area contributed by atoms with Crippen molar-refractivity contribution in [2.75, 3.05) is 6.61 Å². The molecular weight excluding hydrogens is 312 g/mol. The van der Waals surface area contributed by atoms with Gasteiger partial charge in [-0.15, -0.1) is 0 Å². The molecule has 0 spiro atoms. The van der Waals surface area contributed by atoms with E-state index in [2.05, 4.69) is 19.1 Å². The first-order chi connectivity index (χ1) is 12.2. The Balaban J connectivity index is 3.22. The smallest absolute Gasteiger partial charge is 0.133 e. The van der Waals surface area contributed by atoms with E-state index in [1.807, 2.05) is 0 Å². The number of hydrogen-bond acceptors (Lipinski definition) is 3. The SMILES string of the molecule is CCCCCCCC/C=C\CCCCCCCC(=O)CCC(O)CO. The Morgan fingerprint density at radius 3 is 1.88 bits per heavy atom. The van der Waals surface area contributed by atoms with Crippen molar-refractivity contribution >= 4 is 5.78 Å². The average Bonchev–Trinajstić information content (AvgIpc) is 2.62. The lowest BCUT2D eigenvalue weighted by atomic mass is 10.0. The fraction of sp³-hybridized carbons (Fsp3) is 0.864. The van der Waals surface area contributed by atoms with Gasteiger partial charge in [0.2, 0.25) is 0 Å². The minimum Gasteiger partial charge on any atom is -0.394 e. The molecule has 25 heavy (non-hydrogen) atoms. The van der Waals surface area contributed by atoms with Crippen molar-refractivity contribution in [1.82, 2.24) is 0 Å². The quantitative estimate of drug-likeness (QED) is 0.230. The Kier molecular flexibility index (Phi) is 19.1. The van der Waals surface area contributed by atoms with Crippen LogP contribution in [0.15, 0.2) is 12.2 Å². The summed E-state index contributed by atoms with van der Waals surface area (Å²) in [6.45, 7) is 2.01. The number of aliphatic hydroxyl groups excluding tert-OH is 2. The zero-order valence-electron chi connectivity index (χ0n) is 16.6. The summed E-state index contributed by atoms with van der Waals surface area (Å²) < 4.78 is 0. The van der Waals surface area contributed by atoms with E-state index in [0.29, 0.717) is 19.3 Å². The third kappa shape index (κ3) is 19.5. The van der Waals surface area contributed by atoms with Gasteiger partial charge in [-0.1, -0.05) is 70.4 Å². The van der Waals surface area contributed by atoms with Gasteiger partial charge in [-0.3, -0.25) is 4.79 Å². The third-order valence-electron chi connectivity index (χ3n) is 4.68. The van der Waals surface area contributed by atoms with Crippen LogP contribution in [0.25, 0.3) is 0 Å². The molecule has 0 bridgehead atoms. The molecule has 0 aliphatic heterocycles. The molecule has 0 fully saturated rings. The van der Waals surface area contributed by atoms with Crippen molar-refractivity contribution in [2.24, 2.45) is 0 Å². The number of Topliss-reactive ketones (excluding diaryl/α,β-unsaturated/α-hetero) is 1. The highest BCUT2D eigenvalue weighted by Crippen LogP contribution is 2.11. The number of carbonyl (C=O) groups excluding carboxylic acids is 1. The number of rotatable bonds is 19. The van der Waals surface area contributed by atoms with Crippen LogP contribution < -0.4 is 0 Å². The molecule has 1 unspecified atom stereocenters. The number of ketones is 1. The number of allylic oxidation sites excluding steroid dienone is 2. The predicted octanol–water partition coefficient (Wildman–Crippen LogP) is 5.73. The lowest BCUT2D eigenvalue weighted by Crippen LogP contribution is -2.13. The normalized spacial score (nSPS) is 12.8. The molecule has 0 aromatic rings. The van der Waals surface area contributed by atoms with Crippen molar-refractivity contribution < 1.29 is 15.0 Å². The molecular formula is C22H42O3. The van der Waals surface area contributed by atoms with Gasteiger partial charge in [0.1, 0.15) is 5.78 Å². The largest absolute Gasteiger partial charge is 0.394 e. The average molecular weight is 355 g/mol. The van der Waals surface area contributed by atoms with Crippen LogP contribution >= 0.6 is 0 Å². The van der Waals surface area contributed by atoms with Crippen LogP contribution in [0.1, 0.15) is 110 Å². The summed E-state index contributed by atoms with van der Waals surface area (Å²) >= 11 is 0. The first-order valence-electron chi connectivity index (χ1n) is 10.7. The summed E-state index contributed by atoms with van der Waals surface area (Å²) in [5.74, 6) is 0.213. The summed E-state index contributed by atoms with van der Waals surface area (Å²) in [5.41, 5.74) is 0. The monoisotopic (exact) mass is 354 g/mol. The Hall–Kier alpha value is -0.670. The number of carbonyl (C=O) groups is 1. The molecule has 0 saturated heterocycles. The van der Waals surface area contributed by atoms with Gasteiger partial charge in [0.15, 0.2) is 0 Å². The van der Waals surface area contributed by atoms with Gasteiger partial charge in [-0.05, 0) is 38.5 Å². The van der Waals surface area contributed by atoms with Crippen LogP contribution in [0.4, 0.5) is 0 Å². The maximum atomic E-state index is 11.6. The van der Waals surface area contributed by atoms with E-state index in [1.54, 1.807) is 0 Å². The molecule has 3 heteroatoms.